The van der Waals surface area contributed by atoms with Gasteiger partial charge in [0.2, 0.25) is 5.91 Å². The molecule has 1 N–H and O–H groups in total. The van der Waals surface area contributed by atoms with E-state index in [4.69, 9.17) is 4.98 Å². The van der Waals surface area contributed by atoms with Gasteiger partial charge in [-0.15, -0.1) is 11.3 Å². The number of nitrogens with one attached hydrogen (secondary N) is 1. The third-order valence-electron chi connectivity index (χ3n) is 4.14. The minimum atomic E-state index is -0.219. The van der Waals surface area contributed by atoms with Crippen LogP contribution in [0.4, 0.5) is 0 Å². The molecule has 4 aromatic rings. The lowest BCUT2D eigenvalue weighted by atomic mass is 10.1. The highest BCUT2D eigenvalue weighted by molar-refractivity contribution is 7.25. The monoisotopic (exact) mass is 378 g/mol. The second-order valence-corrected chi connectivity index (χ2v) is 7.59. The van der Waals surface area contributed by atoms with Gasteiger partial charge in [0.15, 0.2) is 0 Å². The fraction of sp³-hybridized carbons (Fsp3) is 0.200. The van der Waals surface area contributed by atoms with Crippen molar-refractivity contribution < 1.29 is 4.79 Å². The summed E-state index contributed by atoms with van der Waals surface area (Å²) in [6, 6.07) is 13.8. The van der Waals surface area contributed by atoms with Gasteiger partial charge >= 0.3 is 0 Å². The number of thiophene rings is 1. The molecule has 1 amide bonds. The quantitative estimate of drug-likeness (QED) is 0.592. The number of hydrogen-bond donors (Lipinski definition) is 1. The summed E-state index contributed by atoms with van der Waals surface area (Å²) in [4.78, 5) is 34.7. The first-order valence-corrected chi connectivity index (χ1v) is 9.48. The molecule has 0 fully saturated rings. The molecule has 1 aromatic carbocycles. The molecule has 0 saturated heterocycles. The lowest BCUT2D eigenvalue weighted by Crippen LogP contribution is -2.35. The third kappa shape index (κ3) is 3.33. The van der Waals surface area contributed by atoms with E-state index in [1.807, 2.05) is 56.3 Å². The zero-order chi connectivity index (χ0) is 19.0. The summed E-state index contributed by atoms with van der Waals surface area (Å²) >= 11 is 1.31. The standard InChI is InChI=1S/C20H18N4O2S/c1-12(2)22-16(25)10-24-11-21-17-14-8-9-15(13-6-4-3-5-7-13)23-19(14)27-18(17)20(24)26/h3-9,11-12H,10H2,1-2H3,(H,22,25). The summed E-state index contributed by atoms with van der Waals surface area (Å²) in [5, 5.41) is 3.64. The molecule has 0 unspecified atom stereocenters. The maximum Gasteiger partial charge on any atom is 0.271 e. The zero-order valence-corrected chi connectivity index (χ0v) is 15.8. The summed E-state index contributed by atoms with van der Waals surface area (Å²) in [7, 11) is 0. The van der Waals surface area contributed by atoms with E-state index in [0.29, 0.717) is 10.2 Å². The Morgan fingerprint density at radius 2 is 1.96 bits per heavy atom. The summed E-state index contributed by atoms with van der Waals surface area (Å²) < 4.78 is 1.86. The number of amides is 1. The summed E-state index contributed by atoms with van der Waals surface area (Å²) in [5.74, 6) is -0.209. The van der Waals surface area contributed by atoms with Gasteiger partial charge in [-0.1, -0.05) is 30.3 Å². The van der Waals surface area contributed by atoms with Crippen LogP contribution >= 0.6 is 11.3 Å². The minimum absolute atomic E-state index is 0.0230. The first-order valence-electron chi connectivity index (χ1n) is 8.66. The molecule has 4 rings (SSSR count). The van der Waals surface area contributed by atoms with Crippen LogP contribution in [0.25, 0.3) is 31.7 Å². The molecule has 0 atom stereocenters. The lowest BCUT2D eigenvalue weighted by molar-refractivity contribution is -0.122. The first-order chi connectivity index (χ1) is 13.0. The van der Waals surface area contributed by atoms with Gasteiger partial charge in [-0.25, -0.2) is 9.97 Å². The Hall–Kier alpha value is -3.06. The molecule has 0 aliphatic heterocycles. The molecule has 6 nitrogen and oxygen atoms in total. The Labute approximate surface area is 159 Å². The van der Waals surface area contributed by atoms with E-state index >= 15 is 0 Å². The molecule has 136 valence electrons. The van der Waals surface area contributed by atoms with E-state index in [2.05, 4.69) is 10.3 Å². The lowest BCUT2D eigenvalue weighted by Gasteiger charge is -2.09. The van der Waals surface area contributed by atoms with Crippen molar-refractivity contribution in [2.75, 3.05) is 0 Å². The molecular weight excluding hydrogens is 360 g/mol. The fourth-order valence-corrected chi connectivity index (χ4v) is 4.03. The third-order valence-corrected chi connectivity index (χ3v) is 5.22. The number of pyridine rings is 1. The van der Waals surface area contributed by atoms with Gasteiger partial charge in [-0.3, -0.25) is 14.2 Å². The maximum atomic E-state index is 12.8. The van der Waals surface area contributed by atoms with Crippen molar-refractivity contribution in [1.82, 2.24) is 19.9 Å². The average Bonchev–Trinajstić information content (AvgIpc) is 3.03. The number of carbonyl (C=O) groups is 1. The van der Waals surface area contributed by atoms with Crippen molar-refractivity contribution in [3.63, 3.8) is 0 Å². The topological polar surface area (TPSA) is 76.9 Å². The molecule has 27 heavy (non-hydrogen) atoms. The Kier molecular flexibility index (Phi) is 4.45. The molecular formula is C20H18N4O2S. The highest BCUT2D eigenvalue weighted by atomic mass is 32.1. The van der Waals surface area contributed by atoms with Crippen molar-refractivity contribution in [1.29, 1.82) is 0 Å². The van der Waals surface area contributed by atoms with E-state index < -0.39 is 0 Å². The van der Waals surface area contributed by atoms with Crippen LogP contribution in [0.2, 0.25) is 0 Å². The summed E-state index contributed by atoms with van der Waals surface area (Å²) in [5.41, 5.74) is 2.29. The van der Waals surface area contributed by atoms with Crippen LogP contribution in [0, 0.1) is 0 Å². The van der Waals surface area contributed by atoms with Crippen LogP contribution in [-0.4, -0.2) is 26.5 Å². The SMILES string of the molecule is CC(C)NC(=O)Cn1cnc2c(sc3nc(-c4ccccc4)ccc32)c1=O. The van der Waals surface area contributed by atoms with Gasteiger partial charge in [0, 0.05) is 17.0 Å². The van der Waals surface area contributed by atoms with E-state index in [-0.39, 0.29) is 24.1 Å². The second kappa shape index (κ2) is 6.92. The number of rotatable bonds is 4. The molecule has 0 aliphatic rings. The molecule has 0 bridgehead atoms. The van der Waals surface area contributed by atoms with Gasteiger partial charge in [-0.05, 0) is 26.0 Å². The Morgan fingerprint density at radius 3 is 2.70 bits per heavy atom. The maximum absolute atomic E-state index is 12.8. The minimum Gasteiger partial charge on any atom is -0.352 e. The Morgan fingerprint density at radius 1 is 1.19 bits per heavy atom. The van der Waals surface area contributed by atoms with Gasteiger partial charge in [0.1, 0.15) is 16.1 Å². The van der Waals surface area contributed by atoms with Crippen molar-refractivity contribution >= 4 is 37.7 Å². The fourth-order valence-electron chi connectivity index (χ4n) is 2.95. The van der Waals surface area contributed by atoms with Crippen molar-refractivity contribution in [2.45, 2.75) is 26.4 Å². The molecule has 0 spiro atoms. The number of hydrogen-bond acceptors (Lipinski definition) is 5. The highest BCUT2D eigenvalue weighted by Crippen LogP contribution is 2.31. The van der Waals surface area contributed by atoms with Gasteiger partial charge in [-0.2, -0.15) is 0 Å². The van der Waals surface area contributed by atoms with Crippen molar-refractivity contribution in [3.8, 4) is 11.3 Å². The normalized spacial score (nSPS) is 11.4. The van der Waals surface area contributed by atoms with Gasteiger partial charge in [0.25, 0.3) is 5.56 Å². The summed E-state index contributed by atoms with van der Waals surface area (Å²) in [6.07, 6.45) is 1.43. The van der Waals surface area contributed by atoms with Crippen LogP contribution in [0.1, 0.15) is 13.8 Å². The molecule has 0 saturated carbocycles. The van der Waals surface area contributed by atoms with Crippen molar-refractivity contribution in [3.05, 3.63) is 59.1 Å². The predicted octanol–water partition coefficient (Wildman–Crippen LogP) is 3.20. The molecule has 7 heteroatoms. The van der Waals surface area contributed by atoms with Crippen LogP contribution in [-0.2, 0) is 11.3 Å². The smallest absolute Gasteiger partial charge is 0.271 e. The van der Waals surface area contributed by atoms with E-state index in [9.17, 15) is 9.59 Å². The van der Waals surface area contributed by atoms with Gasteiger partial charge in [0.05, 0.1) is 17.5 Å². The van der Waals surface area contributed by atoms with Crippen molar-refractivity contribution in [2.24, 2.45) is 0 Å². The van der Waals surface area contributed by atoms with Crippen LogP contribution in [0.3, 0.4) is 0 Å². The number of benzene rings is 1. The van der Waals surface area contributed by atoms with Crippen LogP contribution in [0.5, 0.6) is 0 Å². The molecule has 0 radical (unpaired) electrons. The van der Waals surface area contributed by atoms with Crippen LogP contribution in [0.15, 0.2) is 53.6 Å². The van der Waals surface area contributed by atoms with Crippen LogP contribution < -0.4 is 10.9 Å². The largest absolute Gasteiger partial charge is 0.352 e. The second-order valence-electron chi connectivity index (χ2n) is 6.59. The average molecular weight is 378 g/mol. The Bertz CT molecular complexity index is 1200. The van der Waals surface area contributed by atoms with E-state index in [1.165, 1.54) is 22.2 Å². The molecule has 0 aliphatic carbocycles. The van der Waals surface area contributed by atoms with E-state index in [0.717, 1.165) is 21.5 Å². The van der Waals surface area contributed by atoms with Gasteiger partial charge < -0.3 is 5.32 Å². The van der Waals surface area contributed by atoms with E-state index in [1.54, 1.807) is 0 Å². The number of carbonyl (C=O) groups excluding carboxylic acids is 1. The molecule has 3 aromatic heterocycles. The zero-order valence-electron chi connectivity index (χ0n) is 15.0. The number of nitrogens with zero attached hydrogens (tertiary/aromatic N) is 3. The number of fused-ring (bicyclic) bond motifs is 3. The summed E-state index contributed by atoms with van der Waals surface area (Å²) in [6.45, 7) is 3.71. The highest BCUT2D eigenvalue weighted by Gasteiger charge is 2.15. The molecule has 3 heterocycles. The first kappa shape index (κ1) is 17.4. The Balaban J connectivity index is 1.78. The predicted molar refractivity (Wildman–Crippen MR) is 108 cm³/mol. The number of aromatic nitrogens is 3.